The molecule has 2 aliphatic heterocycles. The largest absolute Gasteiger partial charge is 0.493 e. The van der Waals surface area contributed by atoms with Crippen LogP contribution in [0, 0.1) is 5.92 Å². The van der Waals surface area contributed by atoms with Crippen LogP contribution in [0.1, 0.15) is 16.4 Å². The van der Waals surface area contributed by atoms with Gasteiger partial charge in [-0.2, -0.15) is 0 Å². The van der Waals surface area contributed by atoms with E-state index in [1.54, 1.807) is 54.6 Å². The molecule has 9 nitrogen and oxygen atoms in total. The number of carbonyl (C=O) groups is 3. The number of hydrogen-bond donors (Lipinski definition) is 2. The molecule has 0 saturated carbocycles. The van der Waals surface area contributed by atoms with Crippen LogP contribution in [-0.4, -0.2) is 41.7 Å². The molecule has 1 aromatic heterocycles. The number of imide groups is 1. The third-order valence-corrected chi connectivity index (χ3v) is 10.1. The fourth-order valence-corrected chi connectivity index (χ4v) is 7.93. The number of rotatable bonds is 7. The number of ether oxygens (including phenoxy) is 2. The molecule has 1 saturated heterocycles. The van der Waals surface area contributed by atoms with E-state index in [0.717, 1.165) is 11.3 Å². The number of nitrogens with one attached hydrogen (secondary N) is 2. The van der Waals surface area contributed by atoms with Crippen LogP contribution in [0.4, 0.5) is 11.4 Å². The zero-order valence-electron chi connectivity index (χ0n) is 21.8. The highest BCUT2D eigenvalue weighted by molar-refractivity contribution is 8.00. The summed E-state index contributed by atoms with van der Waals surface area (Å²) < 4.78 is 11.3. The summed E-state index contributed by atoms with van der Waals surface area (Å²) in [4.78, 5) is 56.7. The number of benzene rings is 3. The molecule has 214 valence electrons. The molecule has 0 bridgehead atoms. The zero-order valence-corrected chi connectivity index (χ0v) is 24.9. The van der Waals surface area contributed by atoms with Crippen molar-refractivity contribution in [3.05, 3.63) is 96.9 Å². The van der Waals surface area contributed by atoms with Crippen molar-refractivity contribution in [3.8, 4) is 11.5 Å². The molecular formula is C29H21Cl2N3O6S2. The Bertz CT molecular complexity index is 1780. The number of thiazole rings is 1. The third-order valence-electron chi connectivity index (χ3n) is 6.95. The first-order chi connectivity index (χ1) is 20.2. The van der Waals surface area contributed by atoms with Gasteiger partial charge in [-0.05, 0) is 48.0 Å². The second kappa shape index (κ2) is 11.5. The van der Waals surface area contributed by atoms with Crippen molar-refractivity contribution < 1.29 is 23.9 Å². The summed E-state index contributed by atoms with van der Waals surface area (Å²) in [6.07, 6.45) is 0. The molecule has 0 radical (unpaired) electrons. The Balaban J connectivity index is 1.28. The van der Waals surface area contributed by atoms with Gasteiger partial charge in [-0.3, -0.25) is 19.2 Å². The smallest absolute Gasteiger partial charge is 0.305 e. The van der Waals surface area contributed by atoms with E-state index in [0.29, 0.717) is 48.4 Å². The van der Waals surface area contributed by atoms with E-state index in [1.807, 2.05) is 6.07 Å². The summed E-state index contributed by atoms with van der Waals surface area (Å²) in [6, 6.07) is 18.6. The van der Waals surface area contributed by atoms with Crippen molar-refractivity contribution >= 4 is 75.4 Å². The number of methoxy groups -OCH3 is 1. The Morgan fingerprint density at radius 1 is 0.976 bits per heavy atom. The fourth-order valence-electron chi connectivity index (χ4n) is 5.12. The van der Waals surface area contributed by atoms with Gasteiger partial charge in [0.2, 0.25) is 11.8 Å². The van der Waals surface area contributed by atoms with Crippen LogP contribution >= 0.6 is 46.3 Å². The minimum atomic E-state index is -0.741. The molecular weight excluding hydrogens is 621 g/mol. The normalized spacial score (nSPS) is 19.3. The van der Waals surface area contributed by atoms with Gasteiger partial charge in [0.15, 0.2) is 18.1 Å². The number of para-hydroxylation sites is 1. The molecule has 4 aromatic rings. The maximum absolute atomic E-state index is 13.8. The first kappa shape index (κ1) is 28.4. The monoisotopic (exact) mass is 641 g/mol. The van der Waals surface area contributed by atoms with Crippen molar-refractivity contribution in [2.75, 3.05) is 23.9 Å². The van der Waals surface area contributed by atoms with Crippen LogP contribution in [0.5, 0.6) is 11.5 Å². The van der Waals surface area contributed by atoms with Crippen LogP contribution in [-0.2, 0) is 14.4 Å². The number of carbonyl (C=O) groups excluding carboxylic acids is 3. The number of fused-ring (bicyclic) bond motifs is 2. The number of hydrogen-bond acceptors (Lipinski definition) is 8. The summed E-state index contributed by atoms with van der Waals surface area (Å²) in [5.74, 6) is -1.79. The van der Waals surface area contributed by atoms with Crippen molar-refractivity contribution in [1.29, 1.82) is 0 Å². The highest BCUT2D eigenvalue weighted by Gasteiger charge is 2.56. The summed E-state index contributed by atoms with van der Waals surface area (Å²) in [5.41, 5.74) is 1.63. The van der Waals surface area contributed by atoms with Crippen LogP contribution in [0.25, 0.3) is 0 Å². The molecule has 0 aliphatic carbocycles. The van der Waals surface area contributed by atoms with Crippen molar-refractivity contribution in [2.24, 2.45) is 5.92 Å². The lowest BCUT2D eigenvalue weighted by atomic mass is 9.83. The van der Waals surface area contributed by atoms with Crippen molar-refractivity contribution in [3.63, 3.8) is 0 Å². The average Bonchev–Trinajstić information content (AvgIpc) is 3.48. The zero-order chi connectivity index (χ0) is 29.5. The number of amides is 3. The lowest BCUT2D eigenvalue weighted by Gasteiger charge is -2.30. The van der Waals surface area contributed by atoms with E-state index in [2.05, 4.69) is 10.3 Å². The van der Waals surface area contributed by atoms with Gasteiger partial charge in [-0.1, -0.05) is 70.6 Å². The summed E-state index contributed by atoms with van der Waals surface area (Å²) in [5, 5.41) is 3.23. The van der Waals surface area contributed by atoms with Gasteiger partial charge < -0.3 is 19.8 Å². The highest BCUT2D eigenvalue weighted by Crippen LogP contribution is 2.53. The number of halogens is 2. The topological polar surface area (TPSA) is 118 Å². The van der Waals surface area contributed by atoms with Crippen LogP contribution in [0.2, 0.25) is 10.0 Å². The molecule has 3 aromatic carbocycles. The van der Waals surface area contributed by atoms with Gasteiger partial charge in [-0.25, -0.2) is 4.90 Å². The maximum Gasteiger partial charge on any atom is 0.305 e. The number of H-pyrrole nitrogens is 1. The van der Waals surface area contributed by atoms with E-state index < -0.39 is 23.0 Å². The van der Waals surface area contributed by atoms with Crippen molar-refractivity contribution in [1.82, 2.24) is 4.98 Å². The first-order valence-electron chi connectivity index (χ1n) is 12.6. The van der Waals surface area contributed by atoms with Gasteiger partial charge >= 0.3 is 4.87 Å². The van der Waals surface area contributed by atoms with E-state index in [4.69, 9.17) is 32.7 Å². The minimum absolute atomic E-state index is 0.266. The van der Waals surface area contributed by atoms with Crippen LogP contribution in [0.15, 0.2) is 76.6 Å². The Morgan fingerprint density at radius 3 is 2.50 bits per heavy atom. The van der Waals surface area contributed by atoms with E-state index in [9.17, 15) is 19.2 Å². The molecule has 3 heterocycles. The Hall–Kier alpha value is -3.77. The molecule has 3 unspecified atom stereocenters. The van der Waals surface area contributed by atoms with Gasteiger partial charge in [0.05, 0.1) is 33.8 Å². The second-order valence-corrected chi connectivity index (χ2v) is 12.5. The van der Waals surface area contributed by atoms with Crippen LogP contribution < -0.4 is 24.6 Å². The van der Waals surface area contributed by atoms with Crippen LogP contribution in [0.3, 0.4) is 0 Å². The number of nitrogens with zero attached hydrogens (tertiary/aromatic N) is 1. The molecule has 3 amide bonds. The molecule has 3 atom stereocenters. The molecule has 6 rings (SSSR count). The molecule has 2 aliphatic rings. The molecule has 2 N–H and O–H groups in total. The second-order valence-electron chi connectivity index (χ2n) is 9.47. The molecule has 42 heavy (non-hydrogen) atoms. The summed E-state index contributed by atoms with van der Waals surface area (Å²) in [6.45, 7) is -0.316. The van der Waals surface area contributed by atoms with Crippen molar-refractivity contribution in [2.45, 2.75) is 16.2 Å². The predicted octanol–water partition coefficient (Wildman–Crippen LogP) is 5.57. The SMILES string of the molecule is COc1cc(C2c3sc(=O)[nH]c3SC3C(=O)N(c4ccccc4)C(=O)C32)ccc1OCC(=O)Nc1ccc(Cl)c(Cl)c1. The fraction of sp³-hybridized carbons (Fsp3) is 0.172. The predicted molar refractivity (Wildman–Crippen MR) is 162 cm³/mol. The van der Waals surface area contributed by atoms with Gasteiger partial charge in [0, 0.05) is 16.5 Å². The Labute approximate surface area is 257 Å². The lowest BCUT2D eigenvalue weighted by Crippen LogP contribution is -2.32. The van der Waals surface area contributed by atoms with Gasteiger partial charge in [-0.15, -0.1) is 0 Å². The highest BCUT2D eigenvalue weighted by atomic mass is 35.5. The molecule has 13 heteroatoms. The van der Waals surface area contributed by atoms with Gasteiger partial charge in [0.1, 0.15) is 5.25 Å². The lowest BCUT2D eigenvalue weighted by molar-refractivity contribution is -0.122. The average molecular weight is 643 g/mol. The van der Waals surface area contributed by atoms with E-state index in [1.165, 1.54) is 29.8 Å². The number of aromatic amines is 1. The summed E-state index contributed by atoms with van der Waals surface area (Å²) >= 11 is 14.2. The third kappa shape index (κ3) is 5.17. The Kier molecular flexibility index (Phi) is 7.75. The number of anilines is 2. The quantitative estimate of drug-likeness (QED) is 0.254. The molecule has 0 spiro atoms. The number of aromatic nitrogens is 1. The molecule has 1 fully saturated rings. The first-order valence-corrected chi connectivity index (χ1v) is 15.1. The van der Waals surface area contributed by atoms with E-state index in [-0.39, 0.29) is 23.3 Å². The van der Waals surface area contributed by atoms with Gasteiger partial charge in [0.25, 0.3) is 5.91 Å². The van der Waals surface area contributed by atoms with E-state index >= 15 is 0 Å². The Morgan fingerprint density at radius 2 is 1.76 bits per heavy atom. The summed E-state index contributed by atoms with van der Waals surface area (Å²) in [7, 11) is 1.46. The standard InChI is InChI=1S/C29H21Cl2N3O6S2/c1-39-20-11-14(7-10-19(20)40-13-21(35)32-15-8-9-17(30)18(31)12-15)22-23-25(41-26-24(22)42-29(38)33-26)28(37)34(27(23)36)16-5-3-2-4-6-16/h2-12,22-23,25H,13H2,1H3,(H,32,35)(H,33,38). The number of thioether (sulfide) groups is 1. The minimum Gasteiger partial charge on any atom is -0.493 e. The maximum atomic E-state index is 13.8.